The number of anilines is 2. The molecule has 0 atom stereocenters. The molecule has 4 aromatic rings. The number of halogens is 1. The number of nitrogens with one attached hydrogen (secondary N) is 1. The van der Waals surface area contributed by atoms with Crippen LogP contribution in [0.5, 0.6) is 0 Å². The van der Waals surface area contributed by atoms with Gasteiger partial charge in [-0.15, -0.1) is 0 Å². The lowest BCUT2D eigenvalue weighted by atomic mass is 10.2. The van der Waals surface area contributed by atoms with Crippen molar-refractivity contribution >= 4 is 35.1 Å². The predicted octanol–water partition coefficient (Wildman–Crippen LogP) is 2.76. The third-order valence-electron chi connectivity index (χ3n) is 4.35. The van der Waals surface area contributed by atoms with Crippen molar-refractivity contribution in [3.05, 3.63) is 59.7 Å². The molecule has 0 aliphatic heterocycles. The van der Waals surface area contributed by atoms with E-state index >= 15 is 0 Å². The summed E-state index contributed by atoms with van der Waals surface area (Å²) in [5.74, 6) is -0.133. The topological polar surface area (TPSA) is 169 Å². The Hall–Kier alpha value is -4.61. The van der Waals surface area contributed by atoms with Gasteiger partial charge in [-0.05, 0) is 25.1 Å². The molecule has 0 aliphatic rings. The molecule has 1 amide bonds. The fourth-order valence-corrected chi connectivity index (χ4v) is 3.04. The molecule has 0 fully saturated rings. The van der Waals surface area contributed by atoms with Crippen molar-refractivity contribution in [1.29, 1.82) is 0 Å². The average Bonchev–Trinajstić information content (AvgIpc) is 3.11. The van der Waals surface area contributed by atoms with Crippen molar-refractivity contribution in [2.75, 3.05) is 11.1 Å². The van der Waals surface area contributed by atoms with Crippen molar-refractivity contribution in [3.8, 4) is 11.5 Å². The molecule has 5 N–H and O–H groups in total. The summed E-state index contributed by atoms with van der Waals surface area (Å²) in [5.41, 5.74) is 7.82. The summed E-state index contributed by atoms with van der Waals surface area (Å²) in [5, 5.41) is 23.2. The van der Waals surface area contributed by atoms with Gasteiger partial charge >= 0.3 is 6.09 Å². The van der Waals surface area contributed by atoms with E-state index in [1.807, 2.05) is 0 Å². The van der Waals surface area contributed by atoms with Gasteiger partial charge in [-0.2, -0.15) is 5.10 Å². The third-order valence-corrected chi connectivity index (χ3v) is 4.35. The van der Waals surface area contributed by atoms with Crippen LogP contribution in [0, 0.1) is 12.7 Å². The summed E-state index contributed by atoms with van der Waals surface area (Å²) in [6.45, 7) is 1.54. The number of fused-ring (bicyclic) bond motifs is 1. The van der Waals surface area contributed by atoms with Crippen LogP contribution in [0.3, 0.4) is 0 Å². The lowest BCUT2D eigenvalue weighted by Crippen LogP contribution is -2.13. The number of aromatic nitrogens is 5. The minimum atomic E-state index is -1.26. The van der Waals surface area contributed by atoms with Crippen molar-refractivity contribution in [1.82, 2.24) is 24.7 Å². The number of benzene rings is 1. The largest absolute Gasteiger partial charge is 0.483 e. The van der Waals surface area contributed by atoms with E-state index in [0.29, 0.717) is 28.0 Å². The molecule has 4 rings (SSSR count). The van der Waals surface area contributed by atoms with E-state index < -0.39 is 6.09 Å². The molecule has 0 unspecified atom stereocenters. The van der Waals surface area contributed by atoms with Gasteiger partial charge in [0.1, 0.15) is 17.2 Å². The molecule has 32 heavy (non-hydrogen) atoms. The standard InChI is InChI=1S/C19H16FN7O2.CH2O2/c1-10-14(24-19(28)29)16(21)25-17(23-10)15-12-6-4-8-22-18(12)27(26-15)9-11-5-2-3-7-13(11)20;2-1-3/h2-8,24H,9H2,1H3,(H,28,29)(H2,21,23,25);1H,(H,2,3). The van der Waals surface area contributed by atoms with Crippen LogP contribution >= 0.6 is 0 Å². The molecule has 0 radical (unpaired) electrons. The van der Waals surface area contributed by atoms with E-state index in [1.54, 1.807) is 48.1 Å². The van der Waals surface area contributed by atoms with Crippen molar-refractivity contribution in [2.45, 2.75) is 13.5 Å². The zero-order valence-electron chi connectivity index (χ0n) is 16.7. The van der Waals surface area contributed by atoms with Crippen molar-refractivity contribution < 1.29 is 24.2 Å². The fourth-order valence-electron chi connectivity index (χ4n) is 3.04. The van der Waals surface area contributed by atoms with Crippen LogP contribution in [0.1, 0.15) is 11.3 Å². The lowest BCUT2D eigenvalue weighted by molar-refractivity contribution is -0.122. The Labute approximate surface area is 180 Å². The average molecular weight is 439 g/mol. The van der Waals surface area contributed by atoms with Gasteiger partial charge in [0.05, 0.1) is 17.6 Å². The van der Waals surface area contributed by atoms with Crippen molar-refractivity contribution in [2.24, 2.45) is 0 Å². The van der Waals surface area contributed by atoms with Crippen LogP contribution in [0.2, 0.25) is 0 Å². The normalized spacial score (nSPS) is 10.3. The second kappa shape index (κ2) is 9.47. The number of pyridine rings is 1. The Morgan fingerprint density at radius 1 is 1.25 bits per heavy atom. The lowest BCUT2D eigenvalue weighted by Gasteiger charge is -2.09. The van der Waals surface area contributed by atoms with Gasteiger partial charge in [0, 0.05) is 11.8 Å². The van der Waals surface area contributed by atoms with Crippen LogP contribution in [0.25, 0.3) is 22.6 Å². The molecule has 164 valence electrons. The second-order valence-electron chi connectivity index (χ2n) is 6.40. The molecular formula is C20H18FN7O4. The minimum absolute atomic E-state index is 0.0180. The van der Waals surface area contributed by atoms with Gasteiger partial charge in [0.25, 0.3) is 6.47 Å². The van der Waals surface area contributed by atoms with E-state index in [-0.39, 0.29) is 36.2 Å². The first-order valence-electron chi connectivity index (χ1n) is 9.13. The maximum absolute atomic E-state index is 14.1. The SMILES string of the molecule is Cc1nc(-c2nn(Cc3ccccc3F)c3ncccc23)nc(N)c1NC(=O)O.O=CO. The minimum Gasteiger partial charge on any atom is -0.483 e. The number of nitrogen functional groups attached to an aromatic ring is 1. The molecule has 0 saturated carbocycles. The van der Waals surface area contributed by atoms with E-state index in [2.05, 4.69) is 25.4 Å². The zero-order valence-corrected chi connectivity index (χ0v) is 16.7. The molecule has 0 bridgehead atoms. The first-order valence-corrected chi connectivity index (χ1v) is 9.13. The molecule has 11 nitrogen and oxygen atoms in total. The Bertz CT molecular complexity index is 1270. The Morgan fingerprint density at radius 2 is 1.97 bits per heavy atom. The molecule has 0 saturated heterocycles. The maximum Gasteiger partial charge on any atom is 0.409 e. The Morgan fingerprint density at radius 3 is 2.62 bits per heavy atom. The Kier molecular flexibility index (Phi) is 6.53. The van der Waals surface area contributed by atoms with Gasteiger partial charge < -0.3 is 15.9 Å². The summed E-state index contributed by atoms with van der Waals surface area (Å²) < 4.78 is 15.7. The number of carbonyl (C=O) groups is 2. The number of rotatable bonds is 4. The quantitative estimate of drug-likeness (QED) is 0.349. The summed E-state index contributed by atoms with van der Waals surface area (Å²) in [6.07, 6.45) is 0.353. The molecule has 3 heterocycles. The van der Waals surface area contributed by atoms with Crippen molar-refractivity contribution in [3.63, 3.8) is 0 Å². The van der Waals surface area contributed by atoms with Gasteiger partial charge in [-0.25, -0.2) is 28.8 Å². The second-order valence-corrected chi connectivity index (χ2v) is 6.40. The molecular weight excluding hydrogens is 421 g/mol. The summed E-state index contributed by atoms with van der Waals surface area (Å²) in [4.78, 5) is 32.2. The molecule has 0 aliphatic carbocycles. The van der Waals surface area contributed by atoms with Crippen LogP contribution in [-0.4, -0.2) is 47.5 Å². The highest BCUT2D eigenvalue weighted by Gasteiger charge is 2.19. The number of carboxylic acid groups (broad SMARTS) is 2. The monoisotopic (exact) mass is 439 g/mol. The van der Waals surface area contributed by atoms with E-state index in [4.69, 9.17) is 20.7 Å². The first-order chi connectivity index (χ1) is 15.3. The smallest absolute Gasteiger partial charge is 0.409 e. The highest BCUT2D eigenvalue weighted by Crippen LogP contribution is 2.29. The number of aryl methyl sites for hydroxylation is 1. The Balaban J connectivity index is 0.000000913. The van der Waals surface area contributed by atoms with Crippen LogP contribution in [0.15, 0.2) is 42.6 Å². The summed E-state index contributed by atoms with van der Waals surface area (Å²) >= 11 is 0. The highest BCUT2D eigenvalue weighted by molar-refractivity contribution is 5.91. The number of hydrogen-bond acceptors (Lipinski definition) is 7. The van der Waals surface area contributed by atoms with Gasteiger partial charge in [-0.1, -0.05) is 18.2 Å². The van der Waals surface area contributed by atoms with Gasteiger partial charge in [0.2, 0.25) is 0 Å². The summed E-state index contributed by atoms with van der Waals surface area (Å²) in [6, 6.07) is 9.99. The van der Waals surface area contributed by atoms with E-state index in [1.165, 1.54) is 6.07 Å². The molecule has 12 heteroatoms. The van der Waals surface area contributed by atoms with Gasteiger partial charge in [0.15, 0.2) is 17.3 Å². The van der Waals surface area contributed by atoms with E-state index in [9.17, 15) is 9.18 Å². The fraction of sp³-hybridized carbons (Fsp3) is 0.100. The first kappa shape index (κ1) is 22.1. The van der Waals surface area contributed by atoms with Crippen LogP contribution in [-0.2, 0) is 11.3 Å². The molecule has 1 aromatic carbocycles. The van der Waals surface area contributed by atoms with Crippen LogP contribution in [0.4, 0.5) is 20.7 Å². The van der Waals surface area contributed by atoms with Gasteiger partial charge in [-0.3, -0.25) is 10.1 Å². The van der Waals surface area contributed by atoms with Crippen LogP contribution < -0.4 is 11.1 Å². The zero-order chi connectivity index (χ0) is 23.3. The number of nitrogens with two attached hydrogens (primary N) is 1. The summed E-state index contributed by atoms with van der Waals surface area (Å²) in [7, 11) is 0. The molecule has 3 aromatic heterocycles. The number of hydrogen-bond donors (Lipinski definition) is 4. The molecule has 0 spiro atoms. The number of amides is 1. The van der Waals surface area contributed by atoms with E-state index in [0.717, 1.165) is 0 Å². The highest BCUT2D eigenvalue weighted by atomic mass is 19.1. The number of nitrogens with zero attached hydrogens (tertiary/aromatic N) is 5. The predicted molar refractivity (Wildman–Crippen MR) is 114 cm³/mol. The maximum atomic E-state index is 14.1. The third kappa shape index (κ3) is 4.59.